The number of fused-ring (bicyclic) bond motifs is 1. The van der Waals surface area contributed by atoms with E-state index in [1.807, 2.05) is 38.1 Å². The number of hydrazone groups is 1. The zero-order valence-electron chi connectivity index (χ0n) is 21.0. The third kappa shape index (κ3) is 5.62. The summed E-state index contributed by atoms with van der Waals surface area (Å²) in [5, 5.41) is 15.8. The van der Waals surface area contributed by atoms with Gasteiger partial charge in [-0.25, -0.2) is 0 Å². The Balaban J connectivity index is 1.43. The predicted octanol–water partition coefficient (Wildman–Crippen LogP) is 5.58. The third-order valence-corrected chi connectivity index (χ3v) is 6.70. The van der Waals surface area contributed by atoms with Gasteiger partial charge in [-0.05, 0) is 73.4 Å². The molecule has 0 saturated heterocycles. The quantitative estimate of drug-likeness (QED) is 0.334. The number of carbonyl (C=O) groups excluding carboxylic acids is 1. The summed E-state index contributed by atoms with van der Waals surface area (Å²) in [5.41, 5.74) is 3.04. The summed E-state index contributed by atoms with van der Waals surface area (Å²) < 4.78 is 17.3. The number of para-hydroxylation sites is 1. The summed E-state index contributed by atoms with van der Waals surface area (Å²) >= 11 is 1.36. The topological polar surface area (TPSA) is 96.6 Å². The van der Waals surface area contributed by atoms with Gasteiger partial charge in [-0.1, -0.05) is 37.6 Å². The zero-order chi connectivity index (χ0) is 25.7. The number of unbranched alkanes of at least 4 members (excludes halogenated alkanes) is 1. The number of ether oxygens (including phenoxy) is 3. The number of carbonyl (C=O) groups is 1. The number of aliphatic imine (C=N–C) groups is 1. The first-order valence-corrected chi connectivity index (χ1v) is 12.7. The number of nitrogens with zero attached hydrogens (tertiary/aromatic N) is 3. The first-order chi connectivity index (χ1) is 17.4. The maximum Gasteiger partial charge on any atom is 0.283 e. The summed E-state index contributed by atoms with van der Waals surface area (Å²) in [6.07, 6.45) is 4.49. The van der Waals surface area contributed by atoms with Crippen LogP contribution in [0.4, 0.5) is 0 Å². The van der Waals surface area contributed by atoms with Gasteiger partial charge >= 0.3 is 0 Å². The minimum atomic E-state index is -0.450. The molecule has 0 fully saturated rings. The molecule has 0 unspecified atom stereocenters. The van der Waals surface area contributed by atoms with Crippen LogP contribution >= 0.6 is 11.8 Å². The number of benzene rings is 2. The Labute approximate surface area is 215 Å². The van der Waals surface area contributed by atoms with Crippen molar-refractivity contribution in [2.24, 2.45) is 10.1 Å². The fourth-order valence-corrected chi connectivity index (χ4v) is 4.77. The standard InChI is InChI=1S/C27H30N4O4S/c1-5-6-10-23-30-31-25(28)20(26(32)29-27(31)36-23)15-19-11-12-21(22(16-19)33-4)34-13-14-35-24-17(2)8-7-9-18(24)3/h7-9,11-12,15-16,28H,5-6,10,13-14H2,1-4H3/b20-15-,28-25?. The lowest BCUT2D eigenvalue weighted by molar-refractivity contribution is -0.114. The van der Waals surface area contributed by atoms with Crippen molar-refractivity contribution in [3.8, 4) is 17.2 Å². The van der Waals surface area contributed by atoms with Gasteiger partial charge in [-0.2, -0.15) is 15.1 Å². The molecule has 1 N–H and O–H groups in total. The SMILES string of the molecule is CCCCC1=NN2C(=N)/C(=C/c3ccc(OCCOc4c(C)cccc4C)c(OC)c3)C(=O)N=C2S1. The smallest absolute Gasteiger partial charge is 0.283 e. The number of aryl methyl sites for hydroxylation is 2. The minimum absolute atomic E-state index is 0.0203. The molecule has 0 radical (unpaired) electrons. The van der Waals surface area contributed by atoms with Crippen LogP contribution in [-0.4, -0.2) is 47.3 Å². The molecular formula is C27H30N4O4S. The molecule has 0 atom stereocenters. The Morgan fingerprint density at radius 1 is 1.08 bits per heavy atom. The average molecular weight is 507 g/mol. The van der Waals surface area contributed by atoms with Gasteiger partial charge in [-0.15, -0.1) is 0 Å². The van der Waals surface area contributed by atoms with E-state index in [1.165, 1.54) is 16.8 Å². The third-order valence-electron chi connectivity index (χ3n) is 5.74. The van der Waals surface area contributed by atoms with Gasteiger partial charge in [-0.3, -0.25) is 10.2 Å². The van der Waals surface area contributed by atoms with Crippen molar-refractivity contribution in [1.82, 2.24) is 5.01 Å². The molecule has 2 aliphatic heterocycles. The van der Waals surface area contributed by atoms with Gasteiger partial charge in [0.25, 0.3) is 5.91 Å². The second-order valence-corrected chi connectivity index (χ2v) is 9.49. The molecule has 4 rings (SSSR count). The molecule has 0 aliphatic carbocycles. The van der Waals surface area contributed by atoms with Crippen LogP contribution in [0.2, 0.25) is 0 Å². The number of amides is 1. The lowest BCUT2D eigenvalue weighted by Crippen LogP contribution is -2.35. The maximum atomic E-state index is 12.7. The minimum Gasteiger partial charge on any atom is -0.493 e. The zero-order valence-corrected chi connectivity index (χ0v) is 21.8. The summed E-state index contributed by atoms with van der Waals surface area (Å²) in [6.45, 7) is 6.88. The average Bonchev–Trinajstić information content (AvgIpc) is 3.27. The Hall–Kier alpha value is -3.59. The first-order valence-electron chi connectivity index (χ1n) is 11.9. The summed E-state index contributed by atoms with van der Waals surface area (Å²) in [4.78, 5) is 16.8. The van der Waals surface area contributed by atoms with Crippen LogP contribution in [0.25, 0.3) is 6.08 Å². The van der Waals surface area contributed by atoms with Crippen molar-refractivity contribution in [3.05, 3.63) is 58.7 Å². The Kier molecular flexibility index (Phi) is 8.10. The van der Waals surface area contributed by atoms with Crippen LogP contribution < -0.4 is 14.2 Å². The summed E-state index contributed by atoms with van der Waals surface area (Å²) in [6, 6.07) is 11.4. The molecule has 36 heavy (non-hydrogen) atoms. The van der Waals surface area contributed by atoms with Crippen molar-refractivity contribution >= 4 is 39.8 Å². The van der Waals surface area contributed by atoms with E-state index in [0.29, 0.717) is 35.4 Å². The molecule has 0 aromatic heterocycles. The summed E-state index contributed by atoms with van der Waals surface area (Å²) in [7, 11) is 1.56. The fourth-order valence-electron chi connectivity index (χ4n) is 3.84. The van der Waals surface area contributed by atoms with E-state index in [4.69, 9.17) is 19.6 Å². The Morgan fingerprint density at radius 2 is 1.83 bits per heavy atom. The van der Waals surface area contributed by atoms with Crippen LogP contribution in [0.3, 0.4) is 0 Å². The van der Waals surface area contributed by atoms with E-state index in [0.717, 1.165) is 41.2 Å². The van der Waals surface area contributed by atoms with Crippen LogP contribution in [-0.2, 0) is 4.79 Å². The highest BCUT2D eigenvalue weighted by Gasteiger charge is 2.35. The monoisotopic (exact) mass is 506 g/mol. The normalized spacial score (nSPS) is 16.1. The van der Waals surface area contributed by atoms with Crippen LogP contribution in [0.5, 0.6) is 17.2 Å². The Bertz CT molecular complexity index is 1250. The van der Waals surface area contributed by atoms with E-state index < -0.39 is 5.91 Å². The number of hydrogen-bond donors (Lipinski definition) is 1. The van der Waals surface area contributed by atoms with E-state index in [1.54, 1.807) is 25.3 Å². The molecule has 0 saturated carbocycles. The number of rotatable bonds is 10. The largest absolute Gasteiger partial charge is 0.493 e. The molecule has 0 bridgehead atoms. The second kappa shape index (κ2) is 11.4. The molecule has 188 valence electrons. The van der Waals surface area contributed by atoms with E-state index in [9.17, 15) is 4.79 Å². The van der Waals surface area contributed by atoms with Crippen molar-refractivity contribution in [2.75, 3.05) is 20.3 Å². The van der Waals surface area contributed by atoms with Gasteiger partial charge in [0.15, 0.2) is 17.3 Å². The highest BCUT2D eigenvalue weighted by atomic mass is 32.2. The number of amidine groups is 2. The highest BCUT2D eigenvalue weighted by Crippen LogP contribution is 2.32. The van der Waals surface area contributed by atoms with Crippen molar-refractivity contribution in [2.45, 2.75) is 40.0 Å². The number of hydrogen-bond acceptors (Lipinski definition) is 7. The molecule has 2 aromatic carbocycles. The lowest BCUT2D eigenvalue weighted by Gasteiger charge is -2.20. The number of thioether (sulfide) groups is 1. The van der Waals surface area contributed by atoms with Gasteiger partial charge in [0, 0.05) is 0 Å². The molecule has 2 aliphatic rings. The van der Waals surface area contributed by atoms with Crippen molar-refractivity contribution < 1.29 is 19.0 Å². The molecular weight excluding hydrogens is 476 g/mol. The first kappa shape index (κ1) is 25.5. The van der Waals surface area contributed by atoms with E-state index in [-0.39, 0.29) is 11.4 Å². The van der Waals surface area contributed by atoms with Crippen LogP contribution in [0, 0.1) is 19.3 Å². The van der Waals surface area contributed by atoms with Gasteiger partial charge in [0.2, 0.25) is 5.17 Å². The lowest BCUT2D eigenvalue weighted by atomic mass is 10.1. The summed E-state index contributed by atoms with van der Waals surface area (Å²) in [5.74, 6) is 1.53. The molecule has 9 heteroatoms. The van der Waals surface area contributed by atoms with Crippen molar-refractivity contribution in [1.29, 1.82) is 5.41 Å². The van der Waals surface area contributed by atoms with Crippen molar-refractivity contribution in [3.63, 3.8) is 0 Å². The van der Waals surface area contributed by atoms with Crippen LogP contribution in [0.15, 0.2) is 52.1 Å². The molecule has 1 amide bonds. The fraction of sp³-hybridized carbons (Fsp3) is 0.333. The van der Waals surface area contributed by atoms with Gasteiger partial charge < -0.3 is 14.2 Å². The van der Waals surface area contributed by atoms with Crippen LogP contribution in [0.1, 0.15) is 42.9 Å². The molecule has 8 nitrogen and oxygen atoms in total. The van der Waals surface area contributed by atoms with E-state index >= 15 is 0 Å². The Morgan fingerprint density at radius 3 is 2.56 bits per heavy atom. The van der Waals surface area contributed by atoms with E-state index in [2.05, 4.69) is 17.0 Å². The predicted molar refractivity (Wildman–Crippen MR) is 144 cm³/mol. The molecule has 2 aromatic rings. The molecule has 2 heterocycles. The second-order valence-electron chi connectivity index (χ2n) is 8.45. The van der Waals surface area contributed by atoms with Gasteiger partial charge in [0.1, 0.15) is 24.0 Å². The van der Waals surface area contributed by atoms with Gasteiger partial charge in [0.05, 0.1) is 12.7 Å². The molecule has 0 spiro atoms. The number of nitrogens with one attached hydrogen (secondary N) is 1. The maximum absolute atomic E-state index is 12.7. The number of methoxy groups -OCH3 is 1. The highest BCUT2D eigenvalue weighted by molar-refractivity contribution is 8.26.